The molecule has 3 unspecified atom stereocenters. The summed E-state index contributed by atoms with van der Waals surface area (Å²) in [5.41, 5.74) is 1.37. The van der Waals surface area contributed by atoms with E-state index in [0.717, 1.165) is 38.9 Å². The van der Waals surface area contributed by atoms with Gasteiger partial charge in [0.25, 0.3) is 0 Å². The fraction of sp³-hybridized carbons (Fsp3) is 0.625. The molecule has 0 bridgehead atoms. The van der Waals surface area contributed by atoms with E-state index in [-0.39, 0.29) is 17.6 Å². The zero-order valence-corrected chi connectivity index (χ0v) is 12.3. The van der Waals surface area contributed by atoms with Crippen LogP contribution in [0.5, 0.6) is 0 Å². The van der Waals surface area contributed by atoms with Gasteiger partial charge in [-0.2, -0.15) is 0 Å². The maximum absolute atomic E-state index is 6.15. The number of halogens is 1. The van der Waals surface area contributed by atoms with Gasteiger partial charge in [0.15, 0.2) is 0 Å². The molecule has 1 saturated carbocycles. The van der Waals surface area contributed by atoms with E-state index < -0.39 is 0 Å². The predicted octanol–water partition coefficient (Wildman–Crippen LogP) is 3.81. The van der Waals surface area contributed by atoms with Crippen LogP contribution in [0.15, 0.2) is 30.3 Å². The number of benzene rings is 1. The van der Waals surface area contributed by atoms with E-state index in [0.29, 0.717) is 0 Å². The van der Waals surface area contributed by atoms with Crippen molar-refractivity contribution in [3.05, 3.63) is 35.9 Å². The molecule has 1 aromatic carbocycles. The Kier molecular flexibility index (Phi) is 6.15. The van der Waals surface area contributed by atoms with Crippen molar-refractivity contribution in [2.24, 2.45) is 0 Å². The summed E-state index contributed by atoms with van der Waals surface area (Å²) < 4.78 is 11.6. The molecule has 0 amide bonds. The molecule has 1 fully saturated rings. The Labute approximate surface area is 121 Å². The van der Waals surface area contributed by atoms with Crippen LogP contribution in [0.25, 0.3) is 0 Å². The molecule has 0 heterocycles. The summed E-state index contributed by atoms with van der Waals surface area (Å²) >= 11 is 6.15. The van der Waals surface area contributed by atoms with Crippen LogP contribution < -0.4 is 0 Å². The minimum Gasteiger partial charge on any atom is -0.375 e. The third kappa shape index (κ3) is 4.48. The van der Waals surface area contributed by atoms with Crippen LogP contribution in [0.4, 0.5) is 0 Å². The second-order valence-corrected chi connectivity index (χ2v) is 5.65. The first-order valence-corrected chi connectivity index (χ1v) is 7.66. The highest BCUT2D eigenvalue weighted by molar-refractivity contribution is 6.21. The molecule has 106 valence electrons. The lowest BCUT2D eigenvalue weighted by molar-refractivity contribution is -0.124. The molecule has 1 aliphatic rings. The Bertz CT molecular complexity index is 355. The molecule has 2 nitrogen and oxygen atoms in total. The van der Waals surface area contributed by atoms with E-state index in [1.54, 1.807) is 0 Å². The van der Waals surface area contributed by atoms with Crippen molar-refractivity contribution >= 4 is 11.6 Å². The Morgan fingerprint density at radius 2 is 1.95 bits per heavy atom. The minimum absolute atomic E-state index is 0.0957. The Hall–Kier alpha value is -0.570. The molecule has 0 aliphatic heterocycles. The summed E-state index contributed by atoms with van der Waals surface area (Å²) in [5, 5.41) is 0.130. The molecule has 1 aromatic rings. The van der Waals surface area contributed by atoms with Gasteiger partial charge in [-0.25, -0.2) is 0 Å². The normalized spacial score (nSPS) is 26.1. The van der Waals surface area contributed by atoms with Gasteiger partial charge < -0.3 is 9.47 Å². The molecule has 19 heavy (non-hydrogen) atoms. The van der Waals surface area contributed by atoms with Crippen LogP contribution in [-0.2, 0) is 15.9 Å². The number of hydrogen-bond acceptors (Lipinski definition) is 2. The van der Waals surface area contributed by atoms with Gasteiger partial charge in [0.1, 0.15) is 6.10 Å². The molecule has 3 atom stereocenters. The fourth-order valence-corrected chi connectivity index (χ4v) is 2.72. The largest absolute Gasteiger partial charge is 0.375 e. The van der Waals surface area contributed by atoms with Crippen LogP contribution in [-0.4, -0.2) is 30.8 Å². The molecule has 3 heteroatoms. The first-order chi connectivity index (χ1) is 9.31. The SMILES string of the molecule is CCCOC1C(Cl)CC1OCCCc1ccccc1. The van der Waals surface area contributed by atoms with Gasteiger partial charge in [-0.15, -0.1) is 11.6 Å². The van der Waals surface area contributed by atoms with Crippen LogP contribution in [0.2, 0.25) is 0 Å². The first kappa shape index (κ1) is 14.8. The summed E-state index contributed by atoms with van der Waals surface area (Å²) in [4.78, 5) is 0. The highest BCUT2D eigenvalue weighted by Gasteiger charge is 2.41. The van der Waals surface area contributed by atoms with E-state index in [2.05, 4.69) is 31.2 Å². The fourth-order valence-electron chi connectivity index (χ4n) is 2.31. The van der Waals surface area contributed by atoms with Gasteiger partial charge in [0, 0.05) is 13.2 Å². The van der Waals surface area contributed by atoms with Gasteiger partial charge >= 0.3 is 0 Å². The average Bonchev–Trinajstić information content (AvgIpc) is 2.43. The lowest BCUT2D eigenvalue weighted by atomic mass is 9.91. The van der Waals surface area contributed by atoms with E-state index in [9.17, 15) is 0 Å². The van der Waals surface area contributed by atoms with Crippen molar-refractivity contribution in [2.75, 3.05) is 13.2 Å². The van der Waals surface area contributed by atoms with E-state index in [1.165, 1.54) is 5.56 Å². The molecular formula is C16H23ClO2. The Morgan fingerprint density at radius 3 is 2.63 bits per heavy atom. The number of hydrogen-bond donors (Lipinski definition) is 0. The van der Waals surface area contributed by atoms with Crippen LogP contribution in [0.3, 0.4) is 0 Å². The number of alkyl halides is 1. The van der Waals surface area contributed by atoms with Gasteiger partial charge in [-0.1, -0.05) is 37.3 Å². The van der Waals surface area contributed by atoms with Crippen LogP contribution in [0, 0.1) is 0 Å². The topological polar surface area (TPSA) is 18.5 Å². The number of aryl methyl sites for hydroxylation is 1. The molecule has 0 aromatic heterocycles. The monoisotopic (exact) mass is 282 g/mol. The summed E-state index contributed by atoms with van der Waals surface area (Å²) in [6.45, 7) is 3.67. The highest BCUT2D eigenvalue weighted by Crippen LogP contribution is 2.32. The van der Waals surface area contributed by atoms with Gasteiger partial charge in [-0.3, -0.25) is 0 Å². The Morgan fingerprint density at radius 1 is 1.16 bits per heavy atom. The standard InChI is InChI=1S/C16H23ClO2/c1-2-10-19-16-14(17)12-15(16)18-11-6-9-13-7-4-3-5-8-13/h3-5,7-8,14-16H,2,6,9-12H2,1H3. The molecule has 0 radical (unpaired) electrons. The second kappa shape index (κ2) is 7.88. The summed E-state index contributed by atoms with van der Waals surface area (Å²) in [6, 6.07) is 10.5. The summed E-state index contributed by atoms with van der Waals surface area (Å²) in [7, 11) is 0. The molecule has 2 rings (SSSR count). The zero-order chi connectivity index (χ0) is 13.5. The average molecular weight is 283 g/mol. The summed E-state index contributed by atoms with van der Waals surface area (Å²) in [5.74, 6) is 0. The molecule has 1 aliphatic carbocycles. The first-order valence-electron chi connectivity index (χ1n) is 7.22. The van der Waals surface area contributed by atoms with Crippen LogP contribution >= 0.6 is 11.6 Å². The van der Waals surface area contributed by atoms with Crippen molar-refractivity contribution in [2.45, 2.75) is 50.2 Å². The van der Waals surface area contributed by atoms with Gasteiger partial charge in [0.2, 0.25) is 0 Å². The molecular weight excluding hydrogens is 260 g/mol. The number of ether oxygens (including phenoxy) is 2. The minimum atomic E-state index is 0.0957. The van der Waals surface area contributed by atoms with Crippen LogP contribution in [0.1, 0.15) is 31.7 Å². The van der Waals surface area contributed by atoms with Crippen molar-refractivity contribution in [3.63, 3.8) is 0 Å². The summed E-state index contributed by atoms with van der Waals surface area (Å²) in [6.07, 6.45) is 4.36. The predicted molar refractivity (Wildman–Crippen MR) is 78.8 cm³/mol. The van der Waals surface area contributed by atoms with E-state index in [1.807, 2.05) is 6.07 Å². The third-order valence-electron chi connectivity index (χ3n) is 3.48. The van der Waals surface area contributed by atoms with E-state index >= 15 is 0 Å². The molecule has 0 spiro atoms. The van der Waals surface area contributed by atoms with Crippen molar-refractivity contribution in [1.29, 1.82) is 0 Å². The third-order valence-corrected chi connectivity index (χ3v) is 3.91. The number of rotatable bonds is 8. The van der Waals surface area contributed by atoms with Crippen molar-refractivity contribution < 1.29 is 9.47 Å². The quantitative estimate of drug-likeness (QED) is 0.533. The van der Waals surface area contributed by atoms with E-state index in [4.69, 9.17) is 21.1 Å². The Balaban J connectivity index is 1.60. The smallest absolute Gasteiger partial charge is 0.100 e. The zero-order valence-electron chi connectivity index (χ0n) is 11.6. The lowest BCUT2D eigenvalue weighted by Crippen LogP contribution is -2.51. The highest BCUT2D eigenvalue weighted by atomic mass is 35.5. The lowest BCUT2D eigenvalue weighted by Gasteiger charge is -2.40. The maximum Gasteiger partial charge on any atom is 0.100 e. The second-order valence-electron chi connectivity index (χ2n) is 5.09. The molecule has 0 N–H and O–H groups in total. The van der Waals surface area contributed by atoms with Crippen molar-refractivity contribution in [1.82, 2.24) is 0 Å². The maximum atomic E-state index is 6.15. The van der Waals surface area contributed by atoms with Crippen molar-refractivity contribution in [3.8, 4) is 0 Å². The van der Waals surface area contributed by atoms with Gasteiger partial charge in [0.05, 0.1) is 11.5 Å². The molecule has 0 saturated heterocycles. The van der Waals surface area contributed by atoms with Gasteiger partial charge in [-0.05, 0) is 31.2 Å².